The van der Waals surface area contributed by atoms with E-state index in [9.17, 15) is 9.59 Å². The van der Waals surface area contributed by atoms with E-state index in [2.05, 4.69) is 4.74 Å². The number of unbranched alkanes of at least 4 members (excludes halogenated alkanes) is 3. The monoisotopic (exact) mass is 218 g/mol. The number of carbonyl (C=O) groups is 2. The average Bonchev–Trinajstić information content (AvgIpc) is 2.22. The Morgan fingerprint density at radius 1 is 1.20 bits per heavy atom. The largest absolute Gasteiger partial charge is 0.479 e. The summed E-state index contributed by atoms with van der Waals surface area (Å²) in [7, 11) is 1.35. The molecule has 0 rings (SSSR count). The van der Waals surface area contributed by atoms with Gasteiger partial charge in [0, 0.05) is 6.42 Å². The maximum Gasteiger partial charge on any atom is 0.332 e. The molecule has 5 heteroatoms. The fourth-order valence-electron chi connectivity index (χ4n) is 1.19. The molecule has 0 aromatic carbocycles. The van der Waals surface area contributed by atoms with Gasteiger partial charge < -0.3 is 14.9 Å². The lowest BCUT2D eigenvalue weighted by Crippen LogP contribution is -2.18. The minimum absolute atomic E-state index is 0.222. The maximum atomic E-state index is 10.7. The molecule has 88 valence electrons. The molecule has 0 heterocycles. The summed E-state index contributed by atoms with van der Waals surface area (Å²) in [6, 6.07) is 0. The minimum atomic E-state index is -1.26. The van der Waals surface area contributed by atoms with Crippen molar-refractivity contribution in [3.63, 3.8) is 0 Å². The Morgan fingerprint density at radius 3 is 2.33 bits per heavy atom. The van der Waals surface area contributed by atoms with Gasteiger partial charge in [-0.05, 0) is 12.8 Å². The van der Waals surface area contributed by atoms with E-state index in [-0.39, 0.29) is 12.4 Å². The molecule has 0 fully saturated rings. The first-order valence-electron chi connectivity index (χ1n) is 5.05. The van der Waals surface area contributed by atoms with Crippen LogP contribution in [0.15, 0.2) is 0 Å². The van der Waals surface area contributed by atoms with Gasteiger partial charge in [0.25, 0.3) is 0 Å². The number of carbonyl (C=O) groups excluding carboxylic acids is 1. The maximum absolute atomic E-state index is 10.7. The molecule has 0 radical (unpaired) electrons. The predicted molar refractivity (Wildman–Crippen MR) is 53.4 cm³/mol. The number of aliphatic carboxylic acids is 1. The predicted octanol–water partition coefficient (Wildman–Crippen LogP) is 0.946. The molecular formula is C10H18O5. The molecule has 1 unspecified atom stereocenters. The summed E-state index contributed by atoms with van der Waals surface area (Å²) in [6.07, 6.45) is 2.49. The van der Waals surface area contributed by atoms with E-state index >= 15 is 0 Å². The van der Waals surface area contributed by atoms with E-state index in [1.807, 2.05) is 0 Å². The van der Waals surface area contributed by atoms with Gasteiger partial charge in [0.2, 0.25) is 0 Å². The lowest BCUT2D eigenvalue weighted by atomic mass is 10.1. The van der Waals surface area contributed by atoms with Crippen molar-refractivity contribution in [2.24, 2.45) is 0 Å². The molecule has 0 aliphatic heterocycles. The molecular weight excluding hydrogens is 200 g/mol. The Hall–Kier alpha value is -1.10. The molecule has 0 saturated heterocycles. The van der Waals surface area contributed by atoms with Crippen molar-refractivity contribution in [1.82, 2.24) is 0 Å². The van der Waals surface area contributed by atoms with Crippen LogP contribution in [0.3, 0.4) is 0 Å². The van der Waals surface area contributed by atoms with Crippen molar-refractivity contribution in [3.05, 3.63) is 0 Å². The van der Waals surface area contributed by atoms with Gasteiger partial charge in [-0.3, -0.25) is 4.79 Å². The minimum Gasteiger partial charge on any atom is -0.479 e. The van der Waals surface area contributed by atoms with Crippen LogP contribution in [0, 0.1) is 0 Å². The molecule has 15 heavy (non-hydrogen) atoms. The van der Waals surface area contributed by atoms with Crippen molar-refractivity contribution in [2.45, 2.75) is 44.6 Å². The van der Waals surface area contributed by atoms with Gasteiger partial charge in [-0.2, -0.15) is 0 Å². The fraction of sp³-hybridized carbons (Fsp3) is 0.800. The van der Waals surface area contributed by atoms with Gasteiger partial charge in [-0.1, -0.05) is 19.3 Å². The third-order valence-electron chi connectivity index (χ3n) is 2.12. The Kier molecular flexibility index (Phi) is 7.62. The van der Waals surface area contributed by atoms with Gasteiger partial charge in [-0.15, -0.1) is 0 Å². The summed E-state index contributed by atoms with van der Waals surface area (Å²) in [6.45, 7) is 0. The molecule has 1 atom stereocenters. The smallest absolute Gasteiger partial charge is 0.332 e. The Labute approximate surface area is 89.0 Å². The first kappa shape index (κ1) is 13.9. The first-order chi connectivity index (χ1) is 7.07. The standard InChI is InChI=1S/C10H18O5/c1-15-9(12)7-5-3-2-4-6-8(11)10(13)14/h8,11H,2-7H2,1H3,(H,13,14). The molecule has 0 spiro atoms. The van der Waals surface area contributed by atoms with Crippen LogP contribution in [-0.2, 0) is 14.3 Å². The molecule has 5 nitrogen and oxygen atoms in total. The molecule has 2 N–H and O–H groups in total. The number of aliphatic hydroxyl groups excluding tert-OH is 1. The number of ether oxygens (including phenoxy) is 1. The highest BCUT2D eigenvalue weighted by molar-refractivity contribution is 5.71. The number of rotatable bonds is 8. The summed E-state index contributed by atoms with van der Waals surface area (Å²) in [5.74, 6) is -1.40. The highest BCUT2D eigenvalue weighted by atomic mass is 16.5. The number of esters is 1. The summed E-state index contributed by atoms with van der Waals surface area (Å²) in [5.41, 5.74) is 0. The molecule has 0 aliphatic carbocycles. The zero-order valence-electron chi connectivity index (χ0n) is 8.94. The van der Waals surface area contributed by atoms with Crippen molar-refractivity contribution in [1.29, 1.82) is 0 Å². The van der Waals surface area contributed by atoms with Gasteiger partial charge in [0.1, 0.15) is 0 Å². The van der Waals surface area contributed by atoms with Crippen LogP contribution in [0.4, 0.5) is 0 Å². The van der Waals surface area contributed by atoms with Crippen LogP contribution in [0.1, 0.15) is 38.5 Å². The second kappa shape index (κ2) is 8.23. The highest BCUT2D eigenvalue weighted by Crippen LogP contribution is 2.08. The lowest BCUT2D eigenvalue weighted by molar-refractivity contribution is -0.147. The zero-order chi connectivity index (χ0) is 11.7. The number of carboxylic acids is 1. The van der Waals surface area contributed by atoms with E-state index in [1.54, 1.807) is 0 Å². The van der Waals surface area contributed by atoms with Gasteiger partial charge in [0.15, 0.2) is 6.10 Å². The fourth-order valence-corrected chi connectivity index (χ4v) is 1.19. The summed E-state index contributed by atoms with van der Waals surface area (Å²) in [4.78, 5) is 20.9. The third kappa shape index (κ3) is 7.93. The van der Waals surface area contributed by atoms with Crippen LogP contribution in [0.25, 0.3) is 0 Å². The van der Waals surface area contributed by atoms with E-state index in [4.69, 9.17) is 10.2 Å². The summed E-state index contributed by atoms with van der Waals surface area (Å²) >= 11 is 0. The number of hydrogen-bond donors (Lipinski definition) is 2. The lowest BCUT2D eigenvalue weighted by Gasteiger charge is -2.04. The molecule has 0 saturated carbocycles. The number of methoxy groups -OCH3 is 1. The van der Waals surface area contributed by atoms with Gasteiger partial charge in [0.05, 0.1) is 7.11 Å². The highest BCUT2D eigenvalue weighted by Gasteiger charge is 2.11. The van der Waals surface area contributed by atoms with Crippen molar-refractivity contribution >= 4 is 11.9 Å². The molecule has 0 aliphatic rings. The summed E-state index contributed by atoms with van der Waals surface area (Å²) < 4.78 is 4.47. The van der Waals surface area contributed by atoms with Crippen LogP contribution in [0.5, 0.6) is 0 Å². The van der Waals surface area contributed by atoms with Crippen molar-refractivity contribution < 1.29 is 24.5 Å². The van der Waals surface area contributed by atoms with Gasteiger partial charge >= 0.3 is 11.9 Å². The van der Waals surface area contributed by atoms with E-state index in [0.717, 1.165) is 19.3 Å². The Balaban J connectivity index is 3.25. The Bertz CT molecular complexity index is 202. The zero-order valence-corrected chi connectivity index (χ0v) is 8.94. The first-order valence-corrected chi connectivity index (χ1v) is 5.05. The van der Waals surface area contributed by atoms with Crippen molar-refractivity contribution in [3.8, 4) is 0 Å². The molecule has 0 amide bonds. The van der Waals surface area contributed by atoms with E-state index < -0.39 is 12.1 Å². The van der Waals surface area contributed by atoms with E-state index in [1.165, 1.54) is 7.11 Å². The Morgan fingerprint density at radius 2 is 1.80 bits per heavy atom. The second-order valence-corrected chi connectivity index (χ2v) is 3.38. The number of carboxylic acid groups (broad SMARTS) is 1. The van der Waals surface area contributed by atoms with Crippen LogP contribution >= 0.6 is 0 Å². The number of hydrogen-bond acceptors (Lipinski definition) is 4. The van der Waals surface area contributed by atoms with Crippen LogP contribution in [0.2, 0.25) is 0 Å². The average molecular weight is 218 g/mol. The van der Waals surface area contributed by atoms with Gasteiger partial charge in [-0.25, -0.2) is 4.79 Å². The van der Waals surface area contributed by atoms with Crippen LogP contribution < -0.4 is 0 Å². The topological polar surface area (TPSA) is 83.8 Å². The van der Waals surface area contributed by atoms with Crippen molar-refractivity contribution in [2.75, 3.05) is 7.11 Å². The summed E-state index contributed by atoms with van der Waals surface area (Å²) in [5, 5.41) is 17.3. The quantitative estimate of drug-likeness (QED) is 0.468. The SMILES string of the molecule is COC(=O)CCCCCCC(O)C(=O)O. The molecule has 0 bridgehead atoms. The second-order valence-electron chi connectivity index (χ2n) is 3.38. The number of aliphatic hydroxyl groups is 1. The normalized spacial score (nSPS) is 12.1. The molecule has 0 aromatic heterocycles. The van der Waals surface area contributed by atoms with E-state index in [0.29, 0.717) is 12.8 Å². The van der Waals surface area contributed by atoms with Crippen LogP contribution in [-0.4, -0.2) is 35.4 Å². The third-order valence-corrected chi connectivity index (χ3v) is 2.12. The molecule has 0 aromatic rings.